The van der Waals surface area contributed by atoms with E-state index in [2.05, 4.69) is 10.3 Å². The van der Waals surface area contributed by atoms with Crippen molar-refractivity contribution in [2.45, 2.75) is 32.0 Å². The summed E-state index contributed by atoms with van der Waals surface area (Å²) in [7, 11) is 0. The minimum absolute atomic E-state index is 0.0788. The van der Waals surface area contributed by atoms with Crippen LogP contribution in [-0.2, 0) is 4.79 Å². The van der Waals surface area contributed by atoms with Gasteiger partial charge in [0, 0.05) is 50.7 Å². The standard InChI is InChI=1S/C21H22F3N3O4/c1-14(28)26-19-11-15(5-8-25-19)20(29)27-9-6-16(7-10-27)31-18-4-2-3-17(12-18)30-13-21(22,23)24/h2-5,8,11-12,16H,6-7,9-10,13H2,1H3,(H,25,26,28). The van der Waals surface area contributed by atoms with E-state index in [0.717, 1.165) is 0 Å². The molecule has 166 valence electrons. The Bertz CT molecular complexity index is 928. The van der Waals surface area contributed by atoms with Crippen molar-refractivity contribution >= 4 is 17.6 Å². The maximum Gasteiger partial charge on any atom is 0.422 e. The van der Waals surface area contributed by atoms with Crippen LogP contribution in [0.2, 0.25) is 0 Å². The van der Waals surface area contributed by atoms with Gasteiger partial charge >= 0.3 is 6.18 Å². The Morgan fingerprint density at radius 3 is 2.55 bits per heavy atom. The topological polar surface area (TPSA) is 80.8 Å². The van der Waals surface area contributed by atoms with E-state index in [0.29, 0.717) is 43.1 Å². The number of anilines is 1. The molecule has 0 saturated carbocycles. The van der Waals surface area contributed by atoms with E-state index in [1.165, 1.54) is 31.3 Å². The van der Waals surface area contributed by atoms with Crippen molar-refractivity contribution in [2.75, 3.05) is 25.0 Å². The Morgan fingerprint density at radius 1 is 1.16 bits per heavy atom. The molecule has 0 spiro atoms. The van der Waals surface area contributed by atoms with Crippen molar-refractivity contribution in [3.63, 3.8) is 0 Å². The fraction of sp³-hybridized carbons (Fsp3) is 0.381. The molecule has 1 aromatic carbocycles. The van der Waals surface area contributed by atoms with Gasteiger partial charge in [0.25, 0.3) is 5.91 Å². The molecule has 2 amide bonds. The maximum absolute atomic E-state index is 12.7. The lowest BCUT2D eigenvalue weighted by atomic mass is 10.1. The Morgan fingerprint density at radius 2 is 1.87 bits per heavy atom. The van der Waals surface area contributed by atoms with Gasteiger partial charge in [-0.1, -0.05) is 6.07 Å². The van der Waals surface area contributed by atoms with E-state index in [1.54, 1.807) is 23.1 Å². The number of ether oxygens (including phenoxy) is 2. The van der Waals surface area contributed by atoms with E-state index < -0.39 is 12.8 Å². The van der Waals surface area contributed by atoms with Gasteiger partial charge in [-0.15, -0.1) is 0 Å². The van der Waals surface area contributed by atoms with E-state index in [1.807, 2.05) is 0 Å². The zero-order valence-electron chi connectivity index (χ0n) is 16.8. The molecule has 1 aliphatic rings. The van der Waals surface area contributed by atoms with Crippen molar-refractivity contribution in [1.29, 1.82) is 0 Å². The number of alkyl halides is 3. The third-order valence-corrected chi connectivity index (χ3v) is 4.55. The highest BCUT2D eigenvalue weighted by atomic mass is 19.4. The SMILES string of the molecule is CC(=O)Nc1cc(C(=O)N2CCC(Oc3cccc(OCC(F)(F)F)c3)CC2)ccn1. The van der Waals surface area contributed by atoms with E-state index >= 15 is 0 Å². The highest BCUT2D eigenvalue weighted by Crippen LogP contribution is 2.25. The lowest BCUT2D eigenvalue weighted by Crippen LogP contribution is -2.41. The zero-order chi connectivity index (χ0) is 22.4. The number of nitrogens with zero attached hydrogens (tertiary/aromatic N) is 2. The first kappa shape index (κ1) is 22.4. The first-order valence-electron chi connectivity index (χ1n) is 9.69. The smallest absolute Gasteiger partial charge is 0.422 e. The van der Waals surface area contributed by atoms with Gasteiger partial charge in [0.2, 0.25) is 5.91 Å². The Kier molecular flexibility index (Phi) is 6.98. The second-order valence-electron chi connectivity index (χ2n) is 7.10. The largest absolute Gasteiger partial charge is 0.490 e. The van der Waals surface area contributed by atoms with Crippen LogP contribution in [0, 0.1) is 0 Å². The highest BCUT2D eigenvalue weighted by Gasteiger charge is 2.29. The molecule has 0 bridgehead atoms. The van der Waals surface area contributed by atoms with Gasteiger partial charge in [0.1, 0.15) is 23.4 Å². The molecule has 31 heavy (non-hydrogen) atoms. The molecular formula is C21H22F3N3O4. The first-order valence-corrected chi connectivity index (χ1v) is 9.69. The van der Waals surface area contributed by atoms with E-state index in [4.69, 9.17) is 9.47 Å². The molecule has 1 N–H and O–H groups in total. The number of amides is 2. The van der Waals surface area contributed by atoms with Crippen molar-refractivity contribution in [2.24, 2.45) is 0 Å². The van der Waals surface area contributed by atoms with Crippen molar-refractivity contribution < 1.29 is 32.2 Å². The average molecular weight is 437 g/mol. The van der Waals surface area contributed by atoms with Crippen LogP contribution >= 0.6 is 0 Å². The number of piperidine rings is 1. The van der Waals surface area contributed by atoms with Crippen LogP contribution in [0.15, 0.2) is 42.6 Å². The number of likely N-dealkylation sites (tertiary alicyclic amines) is 1. The number of hydrogen-bond acceptors (Lipinski definition) is 5. The van der Waals surface area contributed by atoms with Gasteiger partial charge in [0.15, 0.2) is 6.61 Å². The minimum atomic E-state index is -4.41. The van der Waals surface area contributed by atoms with Gasteiger partial charge in [0.05, 0.1) is 0 Å². The van der Waals surface area contributed by atoms with Gasteiger partial charge in [-0.3, -0.25) is 9.59 Å². The van der Waals surface area contributed by atoms with Gasteiger partial charge < -0.3 is 19.7 Å². The third kappa shape index (κ3) is 6.87. The van der Waals surface area contributed by atoms with Crippen LogP contribution in [0.5, 0.6) is 11.5 Å². The maximum atomic E-state index is 12.7. The fourth-order valence-corrected chi connectivity index (χ4v) is 3.17. The fourth-order valence-electron chi connectivity index (χ4n) is 3.17. The number of nitrogens with one attached hydrogen (secondary N) is 1. The summed E-state index contributed by atoms with van der Waals surface area (Å²) in [6.45, 7) is 0.922. The van der Waals surface area contributed by atoms with Gasteiger partial charge in [-0.2, -0.15) is 13.2 Å². The van der Waals surface area contributed by atoms with Crippen molar-refractivity contribution in [1.82, 2.24) is 9.88 Å². The lowest BCUT2D eigenvalue weighted by Gasteiger charge is -2.32. The summed E-state index contributed by atoms with van der Waals surface area (Å²) in [5, 5.41) is 2.55. The molecule has 0 atom stereocenters. The van der Waals surface area contributed by atoms with Crippen molar-refractivity contribution in [3.8, 4) is 11.5 Å². The van der Waals surface area contributed by atoms with E-state index in [9.17, 15) is 22.8 Å². The molecule has 0 unspecified atom stereocenters. The number of hydrogen-bond donors (Lipinski definition) is 1. The monoisotopic (exact) mass is 437 g/mol. The minimum Gasteiger partial charge on any atom is -0.490 e. The summed E-state index contributed by atoms with van der Waals surface area (Å²) in [5.41, 5.74) is 0.424. The Balaban J connectivity index is 1.53. The molecule has 0 aliphatic carbocycles. The number of aromatic nitrogens is 1. The summed E-state index contributed by atoms with van der Waals surface area (Å²) in [4.78, 5) is 29.6. The summed E-state index contributed by atoms with van der Waals surface area (Å²) >= 11 is 0. The first-order chi connectivity index (χ1) is 14.7. The van der Waals surface area contributed by atoms with Crippen LogP contribution in [0.25, 0.3) is 0 Å². The molecule has 10 heteroatoms. The van der Waals surface area contributed by atoms with Crippen LogP contribution < -0.4 is 14.8 Å². The van der Waals surface area contributed by atoms with Crippen LogP contribution in [0.4, 0.5) is 19.0 Å². The second-order valence-corrected chi connectivity index (χ2v) is 7.10. The van der Waals surface area contributed by atoms with Crippen LogP contribution in [0.3, 0.4) is 0 Å². The van der Waals surface area contributed by atoms with Gasteiger partial charge in [-0.05, 0) is 24.3 Å². The number of rotatable bonds is 6. The zero-order valence-corrected chi connectivity index (χ0v) is 16.8. The number of benzene rings is 1. The Hall–Kier alpha value is -3.30. The predicted molar refractivity (Wildman–Crippen MR) is 106 cm³/mol. The molecule has 1 aliphatic heterocycles. The molecule has 2 heterocycles. The lowest BCUT2D eigenvalue weighted by molar-refractivity contribution is -0.153. The van der Waals surface area contributed by atoms with Crippen LogP contribution in [0.1, 0.15) is 30.1 Å². The normalized spacial score (nSPS) is 14.8. The second kappa shape index (κ2) is 9.67. The number of pyridine rings is 1. The molecular weight excluding hydrogens is 415 g/mol. The third-order valence-electron chi connectivity index (χ3n) is 4.55. The highest BCUT2D eigenvalue weighted by molar-refractivity contribution is 5.96. The average Bonchev–Trinajstić information content (AvgIpc) is 2.72. The van der Waals surface area contributed by atoms with E-state index in [-0.39, 0.29) is 23.7 Å². The molecule has 1 saturated heterocycles. The molecule has 3 rings (SSSR count). The molecule has 0 radical (unpaired) electrons. The predicted octanol–water partition coefficient (Wildman–Crippen LogP) is 3.66. The summed E-state index contributed by atoms with van der Waals surface area (Å²) in [5.74, 6) is 0.357. The van der Waals surface area contributed by atoms with Crippen LogP contribution in [-0.4, -0.2) is 53.7 Å². The molecule has 1 aromatic heterocycles. The number of halogens is 3. The number of carbonyl (C=O) groups is 2. The number of carbonyl (C=O) groups excluding carboxylic acids is 2. The Labute approximate surface area is 177 Å². The summed E-state index contributed by atoms with van der Waals surface area (Å²) in [6, 6.07) is 9.18. The van der Waals surface area contributed by atoms with Crippen molar-refractivity contribution in [3.05, 3.63) is 48.2 Å². The summed E-state index contributed by atoms with van der Waals surface area (Å²) < 4.78 is 47.5. The van der Waals surface area contributed by atoms with Gasteiger partial charge in [-0.25, -0.2) is 4.98 Å². The molecule has 2 aromatic rings. The molecule has 1 fully saturated rings. The quantitative estimate of drug-likeness (QED) is 0.746. The molecule has 7 nitrogen and oxygen atoms in total. The summed E-state index contributed by atoms with van der Waals surface area (Å²) in [6.07, 6.45) is -1.98.